The Morgan fingerprint density at radius 2 is 0.917 bits per heavy atom. The van der Waals surface area contributed by atoms with E-state index in [1.54, 1.807) is 0 Å². The number of benzene rings is 3. The summed E-state index contributed by atoms with van der Waals surface area (Å²) in [5, 5.41) is 7.05. The summed E-state index contributed by atoms with van der Waals surface area (Å²) in [5.74, 6) is 0. The van der Waals surface area contributed by atoms with Crippen molar-refractivity contribution in [2.75, 3.05) is 10.6 Å². The molecule has 0 saturated carbocycles. The van der Waals surface area contributed by atoms with Crippen LogP contribution in [0.5, 0.6) is 0 Å². The Morgan fingerprint density at radius 1 is 0.500 bits per heavy atom. The van der Waals surface area contributed by atoms with Crippen LogP contribution >= 0.6 is 0 Å². The second kappa shape index (κ2) is 6.79. The third-order valence-electron chi connectivity index (χ3n) is 4.50. The van der Waals surface area contributed by atoms with Gasteiger partial charge in [-0.3, -0.25) is 0 Å². The molecule has 0 bridgehead atoms. The van der Waals surface area contributed by atoms with Crippen LogP contribution in [-0.2, 0) is 0 Å². The van der Waals surface area contributed by atoms with Gasteiger partial charge < -0.3 is 10.6 Å². The number of para-hydroxylation sites is 2. The van der Waals surface area contributed by atoms with E-state index >= 15 is 0 Å². The zero-order valence-electron chi connectivity index (χ0n) is 14.8. The van der Waals surface area contributed by atoms with E-state index in [-0.39, 0.29) is 0 Å². The Bertz CT molecular complexity index is 793. The van der Waals surface area contributed by atoms with E-state index in [0.29, 0.717) is 0 Å². The summed E-state index contributed by atoms with van der Waals surface area (Å²) < 4.78 is 0. The molecule has 122 valence electrons. The molecule has 3 aromatic rings. The molecule has 0 aromatic heterocycles. The molecule has 2 heteroatoms. The first-order valence-electron chi connectivity index (χ1n) is 8.30. The molecule has 0 aliphatic carbocycles. The highest BCUT2D eigenvalue weighted by molar-refractivity contribution is 5.78. The van der Waals surface area contributed by atoms with Crippen LogP contribution in [0, 0.1) is 27.7 Å². The molecule has 0 unspecified atom stereocenters. The maximum atomic E-state index is 3.52. The van der Waals surface area contributed by atoms with Gasteiger partial charge in [0.1, 0.15) is 0 Å². The van der Waals surface area contributed by atoms with E-state index in [4.69, 9.17) is 0 Å². The first-order chi connectivity index (χ1) is 11.5. The molecule has 0 fully saturated rings. The molecule has 0 aliphatic rings. The van der Waals surface area contributed by atoms with Crippen molar-refractivity contribution < 1.29 is 0 Å². The highest BCUT2D eigenvalue weighted by atomic mass is 15.0. The van der Waals surface area contributed by atoms with Gasteiger partial charge in [0.2, 0.25) is 0 Å². The van der Waals surface area contributed by atoms with E-state index in [1.165, 1.54) is 22.3 Å². The summed E-state index contributed by atoms with van der Waals surface area (Å²) in [6.45, 7) is 8.54. The molecule has 0 spiro atoms. The Balaban J connectivity index is 1.87. The lowest BCUT2D eigenvalue weighted by Crippen LogP contribution is -1.98. The number of hydrogen-bond donors (Lipinski definition) is 2. The SMILES string of the molecule is Cc1ccc(Nc2ccccc2Nc2ccc(C)c(C)c2)cc1C. The Morgan fingerprint density at radius 3 is 1.29 bits per heavy atom. The average molecular weight is 316 g/mol. The van der Waals surface area contributed by atoms with Gasteiger partial charge in [-0.2, -0.15) is 0 Å². The fourth-order valence-electron chi connectivity index (χ4n) is 2.65. The predicted molar refractivity (Wildman–Crippen MR) is 105 cm³/mol. The van der Waals surface area contributed by atoms with Gasteiger partial charge in [-0.1, -0.05) is 24.3 Å². The first-order valence-corrected chi connectivity index (χ1v) is 8.30. The summed E-state index contributed by atoms with van der Waals surface area (Å²) in [6, 6.07) is 21.2. The topological polar surface area (TPSA) is 24.1 Å². The number of rotatable bonds is 4. The molecule has 2 nitrogen and oxygen atoms in total. The van der Waals surface area contributed by atoms with Crippen LogP contribution in [0.1, 0.15) is 22.3 Å². The van der Waals surface area contributed by atoms with E-state index in [2.05, 4.69) is 99.0 Å². The monoisotopic (exact) mass is 316 g/mol. The highest BCUT2D eigenvalue weighted by Gasteiger charge is 2.04. The van der Waals surface area contributed by atoms with Crippen molar-refractivity contribution in [3.63, 3.8) is 0 Å². The molecule has 3 rings (SSSR count). The van der Waals surface area contributed by atoms with Crippen molar-refractivity contribution in [1.82, 2.24) is 0 Å². The van der Waals surface area contributed by atoms with E-state index in [9.17, 15) is 0 Å². The molecule has 2 N–H and O–H groups in total. The summed E-state index contributed by atoms with van der Waals surface area (Å²) in [7, 11) is 0. The van der Waals surface area contributed by atoms with Crippen LogP contribution in [0.3, 0.4) is 0 Å². The van der Waals surface area contributed by atoms with Crippen LogP contribution in [0.25, 0.3) is 0 Å². The van der Waals surface area contributed by atoms with Gasteiger partial charge in [0.05, 0.1) is 11.4 Å². The molecule has 0 atom stereocenters. The van der Waals surface area contributed by atoms with Gasteiger partial charge >= 0.3 is 0 Å². The normalized spacial score (nSPS) is 10.5. The van der Waals surface area contributed by atoms with Gasteiger partial charge in [-0.25, -0.2) is 0 Å². The van der Waals surface area contributed by atoms with E-state index in [0.717, 1.165) is 22.7 Å². The summed E-state index contributed by atoms with van der Waals surface area (Å²) in [4.78, 5) is 0. The quantitative estimate of drug-likeness (QED) is 0.581. The van der Waals surface area contributed by atoms with Crippen molar-refractivity contribution in [3.8, 4) is 0 Å². The van der Waals surface area contributed by atoms with Crippen LogP contribution in [0.4, 0.5) is 22.7 Å². The van der Waals surface area contributed by atoms with Crippen molar-refractivity contribution in [3.05, 3.63) is 82.9 Å². The Hall–Kier alpha value is -2.74. The fraction of sp³-hybridized carbons (Fsp3) is 0.182. The minimum absolute atomic E-state index is 1.07. The summed E-state index contributed by atoms with van der Waals surface area (Å²) in [6.07, 6.45) is 0. The lowest BCUT2D eigenvalue weighted by molar-refractivity contribution is 1.33. The second-order valence-corrected chi connectivity index (χ2v) is 6.39. The number of aryl methyl sites for hydroxylation is 4. The second-order valence-electron chi connectivity index (χ2n) is 6.39. The number of hydrogen-bond acceptors (Lipinski definition) is 2. The number of anilines is 4. The van der Waals surface area contributed by atoms with Crippen LogP contribution in [-0.4, -0.2) is 0 Å². The summed E-state index contributed by atoms with van der Waals surface area (Å²) in [5.41, 5.74) is 9.54. The van der Waals surface area contributed by atoms with Crippen molar-refractivity contribution in [2.24, 2.45) is 0 Å². The fourth-order valence-corrected chi connectivity index (χ4v) is 2.65. The van der Waals surface area contributed by atoms with E-state index in [1.807, 2.05) is 0 Å². The zero-order chi connectivity index (χ0) is 17.1. The minimum Gasteiger partial charge on any atom is -0.354 e. The third kappa shape index (κ3) is 3.60. The molecule has 24 heavy (non-hydrogen) atoms. The predicted octanol–water partition coefficient (Wildman–Crippen LogP) is 6.41. The van der Waals surface area contributed by atoms with Crippen molar-refractivity contribution >= 4 is 22.7 Å². The smallest absolute Gasteiger partial charge is 0.0623 e. The third-order valence-corrected chi connectivity index (χ3v) is 4.50. The van der Waals surface area contributed by atoms with Gasteiger partial charge in [-0.15, -0.1) is 0 Å². The lowest BCUT2D eigenvalue weighted by atomic mass is 10.1. The molecule has 0 aliphatic heterocycles. The molecule has 0 saturated heterocycles. The molecule has 0 radical (unpaired) electrons. The molecular formula is C22H24N2. The van der Waals surface area contributed by atoms with Gasteiger partial charge in [0.25, 0.3) is 0 Å². The number of nitrogens with one attached hydrogen (secondary N) is 2. The largest absolute Gasteiger partial charge is 0.354 e. The maximum absolute atomic E-state index is 3.52. The van der Waals surface area contributed by atoms with Gasteiger partial charge in [-0.05, 0) is 86.3 Å². The van der Waals surface area contributed by atoms with Gasteiger partial charge in [0, 0.05) is 11.4 Å². The van der Waals surface area contributed by atoms with Gasteiger partial charge in [0.15, 0.2) is 0 Å². The average Bonchev–Trinajstić information content (AvgIpc) is 2.56. The maximum Gasteiger partial charge on any atom is 0.0623 e. The Kier molecular flexibility index (Phi) is 4.57. The zero-order valence-corrected chi connectivity index (χ0v) is 14.8. The molecule has 0 amide bonds. The molecule has 0 heterocycles. The van der Waals surface area contributed by atoms with E-state index < -0.39 is 0 Å². The van der Waals surface area contributed by atoms with Crippen molar-refractivity contribution in [1.29, 1.82) is 0 Å². The minimum atomic E-state index is 1.07. The lowest BCUT2D eigenvalue weighted by Gasteiger charge is -2.15. The first kappa shape index (κ1) is 16.1. The van der Waals surface area contributed by atoms with Crippen LogP contribution in [0.2, 0.25) is 0 Å². The van der Waals surface area contributed by atoms with Crippen LogP contribution in [0.15, 0.2) is 60.7 Å². The molecule has 3 aromatic carbocycles. The van der Waals surface area contributed by atoms with Crippen molar-refractivity contribution in [2.45, 2.75) is 27.7 Å². The highest BCUT2D eigenvalue weighted by Crippen LogP contribution is 2.29. The Labute approximate surface area is 144 Å². The standard InChI is InChI=1S/C22H24N2/c1-15-9-11-19(13-17(15)3)23-21-7-5-6-8-22(21)24-20-12-10-16(2)18(4)14-20/h5-14,23-24H,1-4H3. The van der Waals surface area contributed by atoms with Crippen LogP contribution < -0.4 is 10.6 Å². The molecular weight excluding hydrogens is 292 g/mol. The summed E-state index contributed by atoms with van der Waals surface area (Å²) >= 11 is 0.